The lowest BCUT2D eigenvalue weighted by atomic mass is 10.0. The van der Waals surface area contributed by atoms with Gasteiger partial charge in [0.05, 0.1) is 0 Å². The maximum absolute atomic E-state index is 12.2. The van der Waals surface area contributed by atoms with Crippen molar-refractivity contribution in [3.63, 3.8) is 0 Å². The van der Waals surface area contributed by atoms with Crippen LogP contribution in [-0.4, -0.2) is 27.0 Å². The zero-order valence-electron chi connectivity index (χ0n) is 16.2. The summed E-state index contributed by atoms with van der Waals surface area (Å²) in [5, 5.41) is 4.12. The Labute approximate surface area is 164 Å². The smallest absolute Gasteiger partial charge is 0.267 e. The monoisotopic (exact) mass is 372 g/mol. The number of carbonyl (C=O) groups excluding carboxylic acids is 1. The number of nitrogens with one attached hydrogen (secondary N) is 2. The minimum atomic E-state index is -0.0152. The molecular weight excluding hydrogens is 348 g/mol. The molecule has 2 N–H and O–H groups in total. The number of benzene rings is 1. The molecular formula is C23H24N4O. The van der Waals surface area contributed by atoms with E-state index in [1.807, 2.05) is 49.3 Å². The first-order valence-electron chi connectivity index (χ1n) is 9.54. The summed E-state index contributed by atoms with van der Waals surface area (Å²) in [6.07, 6.45) is 7.60. The highest BCUT2D eigenvalue weighted by atomic mass is 16.1. The van der Waals surface area contributed by atoms with E-state index in [1.165, 1.54) is 5.56 Å². The fourth-order valence-corrected chi connectivity index (χ4v) is 3.50. The predicted molar refractivity (Wildman–Crippen MR) is 112 cm³/mol. The van der Waals surface area contributed by atoms with Crippen molar-refractivity contribution in [1.82, 2.24) is 19.9 Å². The van der Waals surface area contributed by atoms with Gasteiger partial charge in [-0.05, 0) is 54.7 Å². The molecule has 1 amide bonds. The number of hydrogen-bond acceptors (Lipinski definition) is 2. The molecule has 0 bridgehead atoms. The number of H-pyrrole nitrogens is 1. The van der Waals surface area contributed by atoms with E-state index in [-0.39, 0.29) is 5.91 Å². The van der Waals surface area contributed by atoms with Crippen LogP contribution in [0.3, 0.4) is 0 Å². The molecule has 5 nitrogen and oxygen atoms in total. The second kappa shape index (κ2) is 7.72. The Morgan fingerprint density at radius 2 is 1.96 bits per heavy atom. The first kappa shape index (κ1) is 18.0. The molecule has 4 rings (SSSR count). The largest absolute Gasteiger partial charge is 0.351 e. The molecule has 3 heterocycles. The third kappa shape index (κ3) is 3.83. The van der Waals surface area contributed by atoms with Crippen molar-refractivity contribution in [2.24, 2.45) is 7.05 Å². The van der Waals surface area contributed by atoms with E-state index in [9.17, 15) is 4.79 Å². The van der Waals surface area contributed by atoms with E-state index in [0.717, 1.165) is 40.6 Å². The van der Waals surface area contributed by atoms with Crippen LogP contribution < -0.4 is 5.32 Å². The first-order valence-corrected chi connectivity index (χ1v) is 9.54. The summed E-state index contributed by atoms with van der Waals surface area (Å²) in [5.41, 5.74) is 6.25. The standard InChI is InChI=1S/C23H24N4O/c1-16-12-21(27(2)15-16)23(28)25-10-3-4-17-5-7-18(8-6-17)20-13-19-9-11-24-22(19)26-14-20/h5-9,11-15H,3-4,10H2,1-2H3,(H,24,26)(H,25,28). The number of aromatic amines is 1. The number of aromatic nitrogens is 3. The molecule has 0 atom stereocenters. The molecule has 28 heavy (non-hydrogen) atoms. The van der Waals surface area contributed by atoms with Crippen LogP contribution in [0, 0.1) is 6.92 Å². The van der Waals surface area contributed by atoms with Gasteiger partial charge in [0.1, 0.15) is 11.3 Å². The average molecular weight is 372 g/mol. The Kier molecular flexibility index (Phi) is 4.98. The summed E-state index contributed by atoms with van der Waals surface area (Å²) < 4.78 is 1.86. The van der Waals surface area contributed by atoms with Gasteiger partial charge in [0, 0.05) is 43.1 Å². The lowest BCUT2D eigenvalue weighted by molar-refractivity contribution is 0.0945. The van der Waals surface area contributed by atoms with Gasteiger partial charge in [-0.15, -0.1) is 0 Å². The number of hydrogen-bond donors (Lipinski definition) is 2. The highest BCUT2D eigenvalue weighted by Gasteiger charge is 2.09. The van der Waals surface area contributed by atoms with Gasteiger partial charge in [-0.1, -0.05) is 24.3 Å². The number of pyridine rings is 1. The predicted octanol–water partition coefficient (Wildman–Crippen LogP) is 4.24. The van der Waals surface area contributed by atoms with Gasteiger partial charge in [0.25, 0.3) is 5.91 Å². The van der Waals surface area contributed by atoms with Gasteiger partial charge in [0.2, 0.25) is 0 Å². The van der Waals surface area contributed by atoms with Crippen LogP contribution in [0.1, 0.15) is 28.0 Å². The second-order valence-electron chi connectivity index (χ2n) is 7.21. The maximum Gasteiger partial charge on any atom is 0.267 e. The Balaban J connectivity index is 1.31. The topological polar surface area (TPSA) is 62.7 Å². The van der Waals surface area contributed by atoms with Crippen molar-refractivity contribution in [2.75, 3.05) is 6.54 Å². The number of nitrogens with zero attached hydrogens (tertiary/aromatic N) is 2. The summed E-state index contributed by atoms with van der Waals surface area (Å²) in [6.45, 7) is 2.66. The van der Waals surface area contributed by atoms with Crippen LogP contribution in [0.5, 0.6) is 0 Å². The molecule has 0 unspecified atom stereocenters. The second-order valence-corrected chi connectivity index (χ2v) is 7.21. The van der Waals surface area contributed by atoms with Crippen molar-refractivity contribution < 1.29 is 4.79 Å². The molecule has 0 aliphatic rings. The highest BCUT2D eigenvalue weighted by Crippen LogP contribution is 2.23. The van der Waals surface area contributed by atoms with Gasteiger partial charge in [-0.2, -0.15) is 0 Å². The third-order valence-electron chi connectivity index (χ3n) is 4.99. The first-order chi connectivity index (χ1) is 13.6. The quantitative estimate of drug-likeness (QED) is 0.497. The van der Waals surface area contributed by atoms with Gasteiger partial charge in [-0.25, -0.2) is 4.98 Å². The van der Waals surface area contributed by atoms with E-state index in [1.54, 1.807) is 0 Å². The molecule has 0 saturated carbocycles. The van der Waals surface area contributed by atoms with Crippen LogP contribution in [0.2, 0.25) is 0 Å². The summed E-state index contributed by atoms with van der Waals surface area (Å²) in [4.78, 5) is 19.8. The Bertz CT molecular complexity index is 1110. The van der Waals surface area contributed by atoms with Gasteiger partial charge in [0.15, 0.2) is 0 Å². The SMILES string of the molecule is Cc1cc(C(=O)NCCCc2ccc(-c3cnc4[nH]ccc4c3)cc2)n(C)c1. The van der Waals surface area contributed by atoms with E-state index in [4.69, 9.17) is 0 Å². The zero-order chi connectivity index (χ0) is 19.5. The molecule has 0 saturated heterocycles. The highest BCUT2D eigenvalue weighted by molar-refractivity contribution is 5.92. The van der Waals surface area contributed by atoms with Crippen LogP contribution in [0.15, 0.2) is 61.1 Å². The van der Waals surface area contributed by atoms with E-state index in [0.29, 0.717) is 12.2 Å². The molecule has 0 spiro atoms. The average Bonchev–Trinajstić information content (AvgIpc) is 3.30. The number of aryl methyl sites for hydroxylation is 3. The van der Waals surface area contributed by atoms with E-state index in [2.05, 4.69) is 45.6 Å². The number of amides is 1. The normalized spacial score (nSPS) is 11.1. The van der Waals surface area contributed by atoms with Gasteiger partial charge >= 0.3 is 0 Å². The molecule has 5 heteroatoms. The van der Waals surface area contributed by atoms with Crippen molar-refractivity contribution >= 4 is 16.9 Å². The lowest BCUT2D eigenvalue weighted by Gasteiger charge is -2.07. The fraction of sp³-hybridized carbons (Fsp3) is 0.217. The molecule has 1 aromatic carbocycles. The van der Waals surface area contributed by atoms with Crippen LogP contribution in [0.4, 0.5) is 0 Å². The van der Waals surface area contributed by atoms with Crippen LogP contribution in [-0.2, 0) is 13.5 Å². The molecule has 3 aromatic heterocycles. The summed E-state index contributed by atoms with van der Waals surface area (Å²) >= 11 is 0. The third-order valence-corrected chi connectivity index (χ3v) is 4.99. The van der Waals surface area contributed by atoms with Crippen molar-refractivity contribution in [3.8, 4) is 11.1 Å². The lowest BCUT2D eigenvalue weighted by Crippen LogP contribution is -2.26. The van der Waals surface area contributed by atoms with Crippen molar-refractivity contribution in [1.29, 1.82) is 0 Å². The van der Waals surface area contributed by atoms with Crippen molar-refractivity contribution in [2.45, 2.75) is 19.8 Å². The molecule has 0 fully saturated rings. The van der Waals surface area contributed by atoms with Crippen molar-refractivity contribution in [3.05, 3.63) is 77.9 Å². The molecule has 4 aromatic rings. The van der Waals surface area contributed by atoms with Crippen LogP contribution in [0.25, 0.3) is 22.2 Å². The molecule has 0 aliphatic carbocycles. The van der Waals surface area contributed by atoms with E-state index < -0.39 is 0 Å². The van der Waals surface area contributed by atoms with Crippen LogP contribution >= 0.6 is 0 Å². The number of fused-ring (bicyclic) bond motifs is 1. The minimum absolute atomic E-state index is 0.0152. The molecule has 142 valence electrons. The maximum atomic E-state index is 12.2. The summed E-state index contributed by atoms with van der Waals surface area (Å²) in [7, 11) is 1.90. The molecule has 0 radical (unpaired) electrons. The number of carbonyl (C=O) groups is 1. The Morgan fingerprint density at radius 3 is 2.71 bits per heavy atom. The minimum Gasteiger partial charge on any atom is -0.351 e. The Hall–Kier alpha value is -3.34. The summed E-state index contributed by atoms with van der Waals surface area (Å²) in [5.74, 6) is -0.0152. The molecule has 0 aliphatic heterocycles. The summed E-state index contributed by atoms with van der Waals surface area (Å²) in [6, 6.07) is 14.7. The zero-order valence-corrected chi connectivity index (χ0v) is 16.2. The van der Waals surface area contributed by atoms with E-state index >= 15 is 0 Å². The fourth-order valence-electron chi connectivity index (χ4n) is 3.50. The van der Waals surface area contributed by atoms with Gasteiger partial charge in [-0.3, -0.25) is 4.79 Å². The number of rotatable bonds is 6. The van der Waals surface area contributed by atoms with Gasteiger partial charge < -0.3 is 14.9 Å². The Morgan fingerprint density at radius 1 is 1.14 bits per heavy atom.